The molecule has 0 atom stereocenters. The van der Waals surface area contributed by atoms with E-state index in [9.17, 15) is 8.42 Å². The smallest absolute Gasteiger partial charge is 0.258 e. The van der Waals surface area contributed by atoms with E-state index in [1.807, 2.05) is 32.8 Å². The monoisotopic (exact) mass is 283 g/mol. The molecule has 2 rings (SSSR count). The second kappa shape index (κ2) is 4.46. The van der Waals surface area contributed by atoms with Gasteiger partial charge in [0.15, 0.2) is 5.65 Å². The second-order valence-electron chi connectivity index (χ2n) is 4.82. The van der Waals surface area contributed by atoms with E-state index in [0.717, 1.165) is 5.82 Å². The highest BCUT2D eigenvalue weighted by Crippen LogP contribution is 2.25. The van der Waals surface area contributed by atoms with Crippen molar-refractivity contribution in [1.29, 1.82) is 0 Å². The van der Waals surface area contributed by atoms with Crippen LogP contribution in [0.15, 0.2) is 17.2 Å². The fourth-order valence-corrected chi connectivity index (χ4v) is 2.47. The summed E-state index contributed by atoms with van der Waals surface area (Å²) in [5.41, 5.74) is 0.519. The van der Waals surface area contributed by atoms with Crippen LogP contribution in [0.3, 0.4) is 0 Å². The molecule has 2 aromatic heterocycles. The van der Waals surface area contributed by atoms with E-state index in [4.69, 9.17) is 5.14 Å². The normalized spacial score (nSPS) is 12.3. The number of hydrogen-bond donors (Lipinski definition) is 1. The second-order valence-corrected chi connectivity index (χ2v) is 6.30. The number of nitrogens with two attached hydrogens (primary N) is 1. The lowest BCUT2D eigenvalue weighted by Gasteiger charge is -2.12. The van der Waals surface area contributed by atoms with Gasteiger partial charge in [-0.3, -0.25) is 0 Å². The number of anilines is 1. The van der Waals surface area contributed by atoms with Gasteiger partial charge in [-0.05, 0) is 26.0 Å². The van der Waals surface area contributed by atoms with Crippen LogP contribution in [-0.4, -0.2) is 37.3 Å². The lowest BCUT2D eigenvalue weighted by molar-refractivity contribution is 0.527. The van der Waals surface area contributed by atoms with Crippen molar-refractivity contribution in [1.82, 2.24) is 14.8 Å². The first-order chi connectivity index (χ1) is 8.71. The molecule has 2 N–H and O–H groups in total. The first-order valence-electron chi connectivity index (χ1n) is 5.81. The van der Waals surface area contributed by atoms with Crippen molar-refractivity contribution in [2.75, 3.05) is 19.0 Å². The first-order valence-corrected chi connectivity index (χ1v) is 7.36. The average molecular weight is 283 g/mol. The molecule has 0 aromatic carbocycles. The van der Waals surface area contributed by atoms with Crippen molar-refractivity contribution < 1.29 is 8.42 Å². The molecule has 0 saturated carbocycles. The van der Waals surface area contributed by atoms with Gasteiger partial charge in [-0.2, -0.15) is 5.10 Å². The zero-order valence-electron chi connectivity index (χ0n) is 11.3. The minimum Gasteiger partial charge on any atom is -0.363 e. The predicted molar refractivity (Wildman–Crippen MR) is 73.6 cm³/mol. The van der Waals surface area contributed by atoms with E-state index in [2.05, 4.69) is 10.1 Å². The average Bonchev–Trinajstić information content (AvgIpc) is 2.66. The summed E-state index contributed by atoms with van der Waals surface area (Å²) in [4.78, 5) is 6.28. The Morgan fingerprint density at radius 1 is 1.32 bits per heavy atom. The Bertz CT molecular complexity index is 718. The molecule has 0 aliphatic rings. The molecule has 0 aliphatic carbocycles. The highest BCUT2D eigenvalue weighted by molar-refractivity contribution is 7.89. The zero-order chi connectivity index (χ0) is 14.4. The highest BCUT2D eigenvalue weighted by Gasteiger charge is 2.22. The summed E-state index contributed by atoms with van der Waals surface area (Å²) < 4.78 is 24.7. The van der Waals surface area contributed by atoms with Crippen molar-refractivity contribution in [2.24, 2.45) is 5.14 Å². The summed E-state index contributed by atoms with van der Waals surface area (Å²) in [5.74, 6) is 0.732. The Morgan fingerprint density at radius 2 is 1.95 bits per heavy atom. The maximum atomic E-state index is 11.6. The van der Waals surface area contributed by atoms with Crippen LogP contribution >= 0.6 is 0 Å². The maximum Gasteiger partial charge on any atom is 0.258 e. The number of aromatic nitrogens is 3. The van der Waals surface area contributed by atoms with Gasteiger partial charge in [-0.1, -0.05) is 0 Å². The molecule has 104 valence electrons. The molecule has 0 spiro atoms. The molecule has 0 amide bonds. The predicted octanol–water partition coefficient (Wildman–Crippen LogP) is 0.726. The van der Waals surface area contributed by atoms with Gasteiger partial charge in [-0.15, -0.1) is 0 Å². The third kappa shape index (κ3) is 2.41. The molecule has 2 heterocycles. The van der Waals surface area contributed by atoms with Crippen LogP contribution in [0.25, 0.3) is 11.0 Å². The van der Waals surface area contributed by atoms with Gasteiger partial charge in [0.2, 0.25) is 5.03 Å². The van der Waals surface area contributed by atoms with Crippen LogP contribution in [-0.2, 0) is 10.0 Å². The van der Waals surface area contributed by atoms with Crippen LogP contribution in [0, 0.1) is 0 Å². The Balaban J connectivity index is 2.83. The van der Waals surface area contributed by atoms with Gasteiger partial charge in [0.05, 0.1) is 5.39 Å². The zero-order valence-corrected chi connectivity index (χ0v) is 12.1. The standard InChI is InChI=1S/C11H17N5O2S/c1-7(2)16-10-8(11(14-16)19(12,17)18)5-6-9(13-10)15(3)4/h5-7H,1-4H3,(H2,12,17,18). The third-order valence-electron chi connectivity index (χ3n) is 2.72. The van der Waals surface area contributed by atoms with Crippen LogP contribution in [0.5, 0.6) is 0 Å². The summed E-state index contributed by atoms with van der Waals surface area (Å²) in [6, 6.07) is 3.41. The molecule has 0 aliphatic heterocycles. The number of pyridine rings is 1. The van der Waals surface area contributed by atoms with Gasteiger partial charge in [-0.25, -0.2) is 23.2 Å². The van der Waals surface area contributed by atoms with E-state index in [1.54, 1.807) is 16.8 Å². The molecular weight excluding hydrogens is 266 g/mol. The number of rotatable bonds is 3. The molecule has 0 unspecified atom stereocenters. The Hall–Kier alpha value is -1.67. The number of nitrogens with zero attached hydrogens (tertiary/aromatic N) is 4. The molecule has 0 fully saturated rings. The van der Waals surface area contributed by atoms with Gasteiger partial charge >= 0.3 is 0 Å². The summed E-state index contributed by atoms with van der Waals surface area (Å²) in [6.07, 6.45) is 0. The molecule has 8 heteroatoms. The number of primary sulfonamides is 1. The van der Waals surface area contributed by atoms with E-state index in [-0.39, 0.29) is 11.1 Å². The largest absolute Gasteiger partial charge is 0.363 e. The van der Waals surface area contributed by atoms with Gasteiger partial charge in [0.25, 0.3) is 10.0 Å². The van der Waals surface area contributed by atoms with E-state index >= 15 is 0 Å². The maximum absolute atomic E-state index is 11.6. The third-order valence-corrected chi connectivity index (χ3v) is 3.56. The molecule has 0 bridgehead atoms. The summed E-state index contributed by atoms with van der Waals surface area (Å²) in [5, 5.41) is 9.59. The van der Waals surface area contributed by atoms with Crippen LogP contribution in [0.4, 0.5) is 5.82 Å². The Kier molecular flexibility index (Phi) is 3.23. The van der Waals surface area contributed by atoms with Crippen LogP contribution in [0.1, 0.15) is 19.9 Å². The lowest BCUT2D eigenvalue weighted by Crippen LogP contribution is -2.14. The summed E-state index contributed by atoms with van der Waals surface area (Å²) in [7, 11) is -0.129. The van der Waals surface area contributed by atoms with E-state index < -0.39 is 10.0 Å². The van der Waals surface area contributed by atoms with Crippen LogP contribution in [0.2, 0.25) is 0 Å². The van der Waals surface area contributed by atoms with Gasteiger partial charge in [0, 0.05) is 20.1 Å². The minimum absolute atomic E-state index is 0.0112. The van der Waals surface area contributed by atoms with E-state index in [0.29, 0.717) is 11.0 Å². The molecule has 2 aromatic rings. The molecule has 0 radical (unpaired) electrons. The SMILES string of the molecule is CC(C)n1nc(S(N)(=O)=O)c2ccc(N(C)C)nc21. The quantitative estimate of drug-likeness (QED) is 0.896. The molecular formula is C11H17N5O2S. The molecule has 19 heavy (non-hydrogen) atoms. The fraction of sp³-hybridized carbons (Fsp3) is 0.455. The summed E-state index contributed by atoms with van der Waals surface area (Å²) >= 11 is 0. The Labute approximate surface area is 112 Å². The minimum atomic E-state index is -3.86. The first kappa shape index (κ1) is 13.8. The number of fused-ring (bicyclic) bond motifs is 1. The van der Waals surface area contributed by atoms with Crippen LogP contribution < -0.4 is 10.0 Å². The fourth-order valence-electron chi connectivity index (χ4n) is 1.80. The van der Waals surface area contributed by atoms with Gasteiger partial charge in [0.1, 0.15) is 5.82 Å². The van der Waals surface area contributed by atoms with Crippen molar-refractivity contribution in [3.63, 3.8) is 0 Å². The number of hydrogen-bond acceptors (Lipinski definition) is 5. The molecule has 7 nitrogen and oxygen atoms in total. The molecule has 0 saturated heterocycles. The van der Waals surface area contributed by atoms with Crippen molar-refractivity contribution in [2.45, 2.75) is 24.9 Å². The highest BCUT2D eigenvalue weighted by atomic mass is 32.2. The van der Waals surface area contributed by atoms with Crippen molar-refractivity contribution in [3.05, 3.63) is 12.1 Å². The van der Waals surface area contributed by atoms with Crippen molar-refractivity contribution >= 4 is 26.9 Å². The van der Waals surface area contributed by atoms with E-state index in [1.165, 1.54) is 0 Å². The summed E-state index contributed by atoms with van der Waals surface area (Å²) in [6.45, 7) is 3.81. The number of sulfonamides is 1. The Morgan fingerprint density at radius 3 is 2.42 bits per heavy atom. The van der Waals surface area contributed by atoms with Gasteiger partial charge < -0.3 is 4.90 Å². The lowest BCUT2D eigenvalue weighted by atomic mass is 10.3. The topological polar surface area (TPSA) is 94.1 Å². The van der Waals surface area contributed by atoms with Crippen molar-refractivity contribution in [3.8, 4) is 0 Å².